The van der Waals surface area contributed by atoms with Crippen LogP contribution < -0.4 is 19.9 Å². The number of benzene rings is 2. The monoisotopic (exact) mass is 352 g/mol. The molecule has 2 aromatic carbocycles. The van der Waals surface area contributed by atoms with Crippen LogP contribution in [0, 0.1) is 0 Å². The minimum atomic E-state index is -3.64. The Labute approximate surface area is 142 Å². The molecule has 0 amide bonds. The Balaban J connectivity index is 2.53. The van der Waals surface area contributed by atoms with Crippen molar-refractivity contribution in [2.45, 2.75) is 10.1 Å². The van der Waals surface area contributed by atoms with E-state index in [4.69, 9.17) is 14.2 Å². The standard InChI is InChI=1S/C17H21NO5S/c1-21-12-4-7-14(8-5-12)24(19,20)17(11-18)15-10-13(22-2)6-9-16(15)23-3/h4-10,17H,11,18H2,1-3H3/p+1/t17-/m1/s1. The molecule has 0 bridgehead atoms. The SMILES string of the molecule is COc1ccc(S(=O)(=O)[C@H](C[NH3+])c2cc(OC)ccc2OC)cc1. The number of sulfone groups is 1. The predicted molar refractivity (Wildman–Crippen MR) is 90.2 cm³/mol. The van der Waals surface area contributed by atoms with E-state index in [0.29, 0.717) is 22.8 Å². The molecule has 0 fully saturated rings. The first-order chi connectivity index (χ1) is 11.5. The first-order valence-electron chi connectivity index (χ1n) is 7.37. The van der Waals surface area contributed by atoms with E-state index in [2.05, 4.69) is 5.73 Å². The number of hydrogen-bond donors (Lipinski definition) is 1. The summed E-state index contributed by atoms with van der Waals surface area (Å²) in [5.41, 5.74) is 4.35. The van der Waals surface area contributed by atoms with E-state index in [1.807, 2.05) is 0 Å². The maximum atomic E-state index is 13.1. The number of hydrogen-bond acceptors (Lipinski definition) is 5. The third kappa shape index (κ3) is 3.47. The van der Waals surface area contributed by atoms with Gasteiger partial charge >= 0.3 is 0 Å². The summed E-state index contributed by atoms with van der Waals surface area (Å²) in [5, 5.41) is -0.837. The molecule has 7 heteroatoms. The van der Waals surface area contributed by atoms with E-state index >= 15 is 0 Å². The van der Waals surface area contributed by atoms with Crippen molar-refractivity contribution in [2.24, 2.45) is 0 Å². The Morgan fingerprint density at radius 2 is 1.50 bits per heavy atom. The Morgan fingerprint density at radius 3 is 2.00 bits per heavy atom. The van der Waals surface area contributed by atoms with Crippen LogP contribution in [0.1, 0.15) is 10.8 Å². The molecule has 0 saturated heterocycles. The molecule has 1 atom stereocenters. The van der Waals surface area contributed by atoms with Crippen molar-refractivity contribution in [3.05, 3.63) is 48.0 Å². The average molecular weight is 352 g/mol. The molecular formula is C17H22NO5S+. The lowest BCUT2D eigenvalue weighted by molar-refractivity contribution is -0.367. The molecule has 0 radical (unpaired) electrons. The van der Waals surface area contributed by atoms with E-state index in [0.717, 1.165) is 0 Å². The van der Waals surface area contributed by atoms with Crippen molar-refractivity contribution in [1.82, 2.24) is 0 Å². The molecule has 130 valence electrons. The highest BCUT2D eigenvalue weighted by atomic mass is 32.2. The first kappa shape index (κ1) is 18.1. The number of quaternary nitrogens is 1. The van der Waals surface area contributed by atoms with Crippen molar-refractivity contribution in [1.29, 1.82) is 0 Å². The van der Waals surface area contributed by atoms with Gasteiger partial charge in [-0.2, -0.15) is 0 Å². The Bertz CT molecular complexity index is 787. The van der Waals surface area contributed by atoms with Gasteiger partial charge in [-0.15, -0.1) is 0 Å². The Morgan fingerprint density at radius 1 is 0.917 bits per heavy atom. The third-order valence-corrected chi connectivity index (χ3v) is 5.98. The van der Waals surface area contributed by atoms with Crippen LogP contribution in [0.25, 0.3) is 0 Å². The fourth-order valence-electron chi connectivity index (χ4n) is 2.50. The molecule has 2 aromatic rings. The van der Waals surface area contributed by atoms with Gasteiger partial charge in [0.05, 0.1) is 32.8 Å². The van der Waals surface area contributed by atoms with Gasteiger partial charge in [-0.1, -0.05) is 0 Å². The van der Waals surface area contributed by atoms with E-state index in [9.17, 15) is 8.42 Å². The molecule has 3 N–H and O–H groups in total. The van der Waals surface area contributed by atoms with Crippen molar-refractivity contribution in [2.75, 3.05) is 27.9 Å². The molecule has 0 aliphatic rings. The minimum Gasteiger partial charge on any atom is -0.497 e. The molecule has 24 heavy (non-hydrogen) atoms. The lowest BCUT2D eigenvalue weighted by Crippen LogP contribution is -2.54. The highest BCUT2D eigenvalue weighted by molar-refractivity contribution is 7.91. The van der Waals surface area contributed by atoms with Crippen LogP contribution in [0.3, 0.4) is 0 Å². The molecule has 6 nitrogen and oxygen atoms in total. The normalized spacial score (nSPS) is 12.5. The van der Waals surface area contributed by atoms with Crippen LogP contribution >= 0.6 is 0 Å². The highest BCUT2D eigenvalue weighted by Crippen LogP contribution is 2.36. The zero-order valence-electron chi connectivity index (χ0n) is 14.0. The van der Waals surface area contributed by atoms with Crippen LogP contribution in [-0.4, -0.2) is 36.3 Å². The number of rotatable bonds is 7. The minimum absolute atomic E-state index is 0.165. The lowest BCUT2D eigenvalue weighted by Gasteiger charge is -2.18. The van der Waals surface area contributed by atoms with Gasteiger partial charge in [0, 0.05) is 5.56 Å². The highest BCUT2D eigenvalue weighted by Gasteiger charge is 2.32. The van der Waals surface area contributed by atoms with E-state index in [1.165, 1.54) is 33.5 Å². The van der Waals surface area contributed by atoms with Crippen molar-refractivity contribution >= 4 is 9.84 Å². The number of ether oxygens (including phenoxy) is 3. The summed E-state index contributed by atoms with van der Waals surface area (Å²) < 4.78 is 41.7. The largest absolute Gasteiger partial charge is 0.497 e. The van der Waals surface area contributed by atoms with E-state index in [-0.39, 0.29) is 11.4 Å². The summed E-state index contributed by atoms with van der Waals surface area (Å²) in [7, 11) is 0.927. The molecule has 0 aliphatic heterocycles. The van der Waals surface area contributed by atoms with Gasteiger partial charge in [-0.25, -0.2) is 8.42 Å². The van der Waals surface area contributed by atoms with Gasteiger partial charge < -0.3 is 19.9 Å². The summed E-state index contributed by atoms with van der Waals surface area (Å²) in [6.45, 7) is 0.165. The molecule has 0 spiro atoms. The van der Waals surface area contributed by atoms with E-state index < -0.39 is 15.1 Å². The Hall–Kier alpha value is -2.25. The first-order valence-corrected chi connectivity index (χ1v) is 8.91. The van der Waals surface area contributed by atoms with Crippen LogP contribution in [0.2, 0.25) is 0 Å². The van der Waals surface area contributed by atoms with E-state index in [1.54, 1.807) is 30.3 Å². The van der Waals surface area contributed by atoms with Gasteiger partial charge in [-0.05, 0) is 42.5 Å². The van der Waals surface area contributed by atoms with Crippen molar-refractivity contribution in [3.8, 4) is 17.2 Å². The second-order valence-electron chi connectivity index (χ2n) is 5.11. The zero-order chi connectivity index (χ0) is 17.7. The number of methoxy groups -OCH3 is 3. The van der Waals surface area contributed by atoms with Crippen molar-refractivity contribution in [3.63, 3.8) is 0 Å². The Kier molecular flexibility index (Phi) is 5.69. The molecule has 0 aliphatic carbocycles. The molecule has 0 unspecified atom stereocenters. The zero-order valence-corrected chi connectivity index (χ0v) is 14.8. The quantitative estimate of drug-likeness (QED) is 0.815. The average Bonchev–Trinajstić information content (AvgIpc) is 2.62. The second kappa shape index (κ2) is 7.55. The summed E-state index contributed by atoms with van der Waals surface area (Å²) in [6, 6.07) is 11.4. The molecule has 0 saturated carbocycles. The van der Waals surface area contributed by atoms with Crippen molar-refractivity contribution < 1.29 is 28.4 Å². The van der Waals surface area contributed by atoms with Crippen LogP contribution in [0.4, 0.5) is 0 Å². The summed E-state index contributed by atoms with van der Waals surface area (Å²) in [6.07, 6.45) is 0. The molecule has 0 aromatic heterocycles. The maximum absolute atomic E-state index is 13.1. The van der Waals surface area contributed by atoms with Gasteiger partial charge in [0.1, 0.15) is 22.5 Å². The fraction of sp³-hybridized carbons (Fsp3) is 0.294. The van der Waals surface area contributed by atoms with Crippen LogP contribution in [-0.2, 0) is 9.84 Å². The topological polar surface area (TPSA) is 89.5 Å². The second-order valence-corrected chi connectivity index (χ2v) is 7.24. The molecular weight excluding hydrogens is 330 g/mol. The summed E-state index contributed by atoms with van der Waals surface area (Å²) in [4.78, 5) is 0.210. The third-order valence-electron chi connectivity index (χ3n) is 3.81. The van der Waals surface area contributed by atoms with Gasteiger partial charge in [-0.3, -0.25) is 0 Å². The van der Waals surface area contributed by atoms with Gasteiger partial charge in [0.15, 0.2) is 9.84 Å². The smallest absolute Gasteiger partial charge is 0.191 e. The summed E-state index contributed by atoms with van der Waals surface area (Å²) >= 11 is 0. The van der Waals surface area contributed by atoms with Gasteiger partial charge in [0.25, 0.3) is 0 Å². The lowest BCUT2D eigenvalue weighted by atomic mass is 10.1. The van der Waals surface area contributed by atoms with Gasteiger partial charge in [0.2, 0.25) is 0 Å². The molecule has 2 rings (SSSR count). The summed E-state index contributed by atoms with van der Waals surface area (Å²) in [5.74, 6) is 1.65. The maximum Gasteiger partial charge on any atom is 0.191 e. The fourth-order valence-corrected chi connectivity index (χ4v) is 4.17. The van der Waals surface area contributed by atoms with Crippen LogP contribution in [0.5, 0.6) is 17.2 Å². The molecule has 0 heterocycles. The predicted octanol–water partition coefficient (Wildman–Crippen LogP) is 1.47. The van der Waals surface area contributed by atoms with Crippen LogP contribution in [0.15, 0.2) is 47.4 Å².